The van der Waals surface area contributed by atoms with Gasteiger partial charge in [0.25, 0.3) is 5.91 Å². The lowest BCUT2D eigenvalue weighted by atomic mass is 10.0. The third kappa shape index (κ3) is 4.02. The van der Waals surface area contributed by atoms with Crippen LogP contribution in [0.5, 0.6) is 5.75 Å². The highest BCUT2D eigenvalue weighted by atomic mass is 79.9. The van der Waals surface area contributed by atoms with E-state index >= 15 is 0 Å². The molecule has 3 rings (SSSR count). The first kappa shape index (κ1) is 17.9. The SMILES string of the molecule is CCOc1ccc(C(=O)Nc2cc3c(nc2C)CCN(C)C3)cc1Br. The largest absolute Gasteiger partial charge is 0.493 e. The van der Waals surface area contributed by atoms with Crippen LogP contribution in [0.25, 0.3) is 0 Å². The molecule has 0 fully saturated rings. The fraction of sp³-hybridized carbons (Fsp3) is 0.368. The Morgan fingerprint density at radius 3 is 2.92 bits per heavy atom. The molecule has 0 radical (unpaired) electrons. The van der Waals surface area contributed by atoms with Crippen LogP contribution in [0, 0.1) is 6.92 Å². The van der Waals surface area contributed by atoms with Crippen molar-refractivity contribution in [1.29, 1.82) is 0 Å². The number of nitrogens with zero attached hydrogens (tertiary/aromatic N) is 2. The first-order valence-corrected chi connectivity index (χ1v) is 9.19. The van der Waals surface area contributed by atoms with Gasteiger partial charge in [-0.25, -0.2) is 0 Å². The molecule has 132 valence electrons. The van der Waals surface area contributed by atoms with Crippen LogP contribution < -0.4 is 10.1 Å². The number of hydrogen-bond donors (Lipinski definition) is 1. The van der Waals surface area contributed by atoms with Crippen LogP contribution in [-0.2, 0) is 13.0 Å². The van der Waals surface area contributed by atoms with Crippen molar-refractivity contribution in [2.75, 3.05) is 25.5 Å². The number of carbonyl (C=O) groups is 1. The van der Waals surface area contributed by atoms with E-state index in [2.05, 4.69) is 44.2 Å². The number of ether oxygens (including phenoxy) is 1. The number of aryl methyl sites for hydroxylation is 1. The van der Waals surface area contributed by atoms with Crippen molar-refractivity contribution in [2.45, 2.75) is 26.8 Å². The molecule has 0 saturated heterocycles. The molecule has 6 heteroatoms. The molecule has 1 aliphatic heterocycles. The average Bonchev–Trinajstić information content (AvgIpc) is 2.58. The van der Waals surface area contributed by atoms with E-state index in [-0.39, 0.29) is 5.91 Å². The van der Waals surface area contributed by atoms with Gasteiger partial charge in [-0.15, -0.1) is 0 Å². The molecule has 0 spiro atoms. The summed E-state index contributed by atoms with van der Waals surface area (Å²) in [5.41, 5.74) is 4.51. The number of amides is 1. The number of rotatable bonds is 4. The summed E-state index contributed by atoms with van der Waals surface area (Å²) < 4.78 is 6.26. The van der Waals surface area contributed by atoms with E-state index in [4.69, 9.17) is 4.74 Å². The minimum atomic E-state index is -0.155. The maximum atomic E-state index is 12.6. The molecule has 5 nitrogen and oxygen atoms in total. The van der Waals surface area contributed by atoms with Crippen molar-refractivity contribution in [3.05, 3.63) is 51.3 Å². The Hall–Kier alpha value is -1.92. The van der Waals surface area contributed by atoms with Gasteiger partial charge in [0.2, 0.25) is 0 Å². The monoisotopic (exact) mass is 403 g/mol. The lowest BCUT2D eigenvalue weighted by Crippen LogP contribution is -2.28. The number of aromatic nitrogens is 1. The Morgan fingerprint density at radius 1 is 1.40 bits per heavy atom. The Balaban J connectivity index is 1.81. The van der Waals surface area contributed by atoms with E-state index in [1.165, 1.54) is 5.56 Å². The first-order chi connectivity index (χ1) is 12.0. The topological polar surface area (TPSA) is 54.5 Å². The number of fused-ring (bicyclic) bond motifs is 1. The van der Waals surface area contributed by atoms with Crippen molar-refractivity contribution in [3.8, 4) is 5.75 Å². The van der Waals surface area contributed by atoms with Crippen LogP contribution >= 0.6 is 15.9 Å². The lowest BCUT2D eigenvalue weighted by Gasteiger charge is -2.25. The molecule has 1 N–H and O–H groups in total. The van der Waals surface area contributed by atoms with Crippen molar-refractivity contribution in [1.82, 2.24) is 9.88 Å². The van der Waals surface area contributed by atoms with Gasteiger partial charge in [-0.05, 0) is 66.7 Å². The lowest BCUT2D eigenvalue weighted by molar-refractivity contribution is 0.102. The third-order valence-electron chi connectivity index (χ3n) is 4.29. The van der Waals surface area contributed by atoms with Gasteiger partial charge in [-0.1, -0.05) is 0 Å². The second-order valence-electron chi connectivity index (χ2n) is 6.25. The number of pyridine rings is 1. The van der Waals surface area contributed by atoms with Crippen molar-refractivity contribution >= 4 is 27.5 Å². The van der Waals surface area contributed by atoms with Gasteiger partial charge in [0.1, 0.15) is 5.75 Å². The van der Waals surface area contributed by atoms with Gasteiger partial charge in [-0.2, -0.15) is 0 Å². The number of likely N-dealkylation sites (N-methyl/N-ethyl adjacent to an activating group) is 1. The summed E-state index contributed by atoms with van der Waals surface area (Å²) in [7, 11) is 2.10. The van der Waals surface area contributed by atoms with E-state index in [1.807, 2.05) is 13.8 Å². The summed E-state index contributed by atoms with van der Waals surface area (Å²) in [6, 6.07) is 7.39. The molecule has 1 aromatic heterocycles. The number of carbonyl (C=O) groups excluding carboxylic acids is 1. The molecule has 0 unspecified atom stereocenters. The Morgan fingerprint density at radius 2 is 2.20 bits per heavy atom. The fourth-order valence-electron chi connectivity index (χ4n) is 2.95. The number of hydrogen-bond acceptors (Lipinski definition) is 4. The highest BCUT2D eigenvalue weighted by molar-refractivity contribution is 9.10. The van der Waals surface area contributed by atoms with Gasteiger partial charge in [0.05, 0.1) is 22.5 Å². The zero-order chi connectivity index (χ0) is 18.0. The molecule has 1 amide bonds. The van der Waals surface area contributed by atoms with Gasteiger partial charge in [0, 0.05) is 30.8 Å². The predicted molar refractivity (Wildman–Crippen MR) is 102 cm³/mol. The summed E-state index contributed by atoms with van der Waals surface area (Å²) in [6.45, 7) is 6.32. The number of anilines is 1. The van der Waals surface area contributed by atoms with E-state index in [0.29, 0.717) is 12.2 Å². The van der Waals surface area contributed by atoms with Crippen LogP contribution in [0.3, 0.4) is 0 Å². The Labute approximate surface area is 156 Å². The normalized spacial score (nSPS) is 14.1. The van der Waals surface area contributed by atoms with E-state index in [9.17, 15) is 4.79 Å². The molecule has 0 aliphatic carbocycles. The molecule has 2 heterocycles. The van der Waals surface area contributed by atoms with Gasteiger partial charge in [0.15, 0.2) is 0 Å². The molecular weight excluding hydrogens is 382 g/mol. The van der Waals surface area contributed by atoms with Crippen molar-refractivity contribution in [2.24, 2.45) is 0 Å². The molecule has 25 heavy (non-hydrogen) atoms. The Kier molecular flexibility index (Phi) is 5.39. The second-order valence-corrected chi connectivity index (χ2v) is 7.10. The zero-order valence-corrected chi connectivity index (χ0v) is 16.3. The summed E-state index contributed by atoms with van der Waals surface area (Å²) in [6.07, 6.45) is 0.951. The fourth-order valence-corrected chi connectivity index (χ4v) is 3.45. The van der Waals surface area contributed by atoms with Crippen LogP contribution in [0.2, 0.25) is 0 Å². The molecule has 2 aromatic rings. The molecule has 1 aliphatic rings. The summed E-state index contributed by atoms with van der Waals surface area (Å²) in [4.78, 5) is 19.5. The smallest absolute Gasteiger partial charge is 0.255 e. The maximum Gasteiger partial charge on any atom is 0.255 e. The van der Waals surface area contributed by atoms with Crippen LogP contribution in [-0.4, -0.2) is 36.0 Å². The molecular formula is C19H22BrN3O2. The van der Waals surface area contributed by atoms with Gasteiger partial charge in [-0.3, -0.25) is 9.78 Å². The summed E-state index contributed by atoms with van der Waals surface area (Å²) in [5.74, 6) is 0.575. The maximum absolute atomic E-state index is 12.6. The number of nitrogens with one attached hydrogen (secondary N) is 1. The third-order valence-corrected chi connectivity index (χ3v) is 4.91. The van der Waals surface area contributed by atoms with Gasteiger partial charge < -0.3 is 15.0 Å². The standard InChI is InChI=1S/C19H22BrN3O2/c1-4-25-18-6-5-13(9-15(18)20)19(24)22-17-10-14-11-23(3)8-7-16(14)21-12(17)2/h5-6,9-10H,4,7-8,11H2,1-3H3,(H,22,24). The van der Waals surface area contributed by atoms with Crippen LogP contribution in [0.1, 0.15) is 34.2 Å². The predicted octanol–water partition coefficient (Wildman–Crippen LogP) is 3.79. The molecule has 0 saturated carbocycles. The molecule has 0 atom stereocenters. The van der Waals surface area contributed by atoms with Crippen LogP contribution in [0.4, 0.5) is 5.69 Å². The van der Waals surface area contributed by atoms with Gasteiger partial charge >= 0.3 is 0 Å². The van der Waals surface area contributed by atoms with Crippen LogP contribution in [0.15, 0.2) is 28.7 Å². The minimum absolute atomic E-state index is 0.155. The average molecular weight is 404 g/mol. The minimum Gasteiger partial charge on any atom is -0.493 e. The van der Waals surface area contributed by atoms with Crippen molar-refractivity contribution in [3.63, 3.8) is 0 Å². The van der Waals surface area contributed by atoms with E-state index in [1.54, 1.807) is 18.2 Å². The molecule has 1 aromatic carbocycles. The molecule has 0 bridgehead atoms. The highest BCUT2D eigenvalue weighted by Crippen LogP contribution is 2.27. The number of benzene rings is 1. The zero-order valence-electron chi connectivity index (χ0n) is 14.7. The van der Waals surface area contributed by atoms with E-state index < -0.39 is 0 Å². The van der Waals surface area contributed by atoms with Crippen molar-refractivity contribution < 1.29 is 9.53 Å². The van der Waals surface area contributed by atoms with E-state index in [0.717, 1.165) is 46.8 Å². The number of halogens is 1. The second kappa shape index (κ2) is 7.54. The first-order valence-electron chi connectivity index (χ1n) is 8.39. The quantitative estimate of drug-likeness (QED) is 0.843. The summed E-state index contributed by atoms with van der Waals surface area (Å²) in [5, 5.41) is 2.99. The highest BCUT2D eigenvalue weighted by Gasteiger charge is 2.18. The summed E-state index contributed by atoms with van der Waals surface area (Å²) >= 11 is 3.45. The Bertz CT molecular complexity index is 807.